The van der Waals surface area contributed by atoms with Gasteiger partial charge in [0.15, 0.2) is 0 Å². The zero-order valence-corrected chi connectivity index (χ0v) is 11.9. The number of hydrogen-bond acceptors (Lipinski definition) is 2. The van der Waals surface area contributed by atoms with Crippen molar-refractivity contribution in [1.29, 1.82) is 0 Å². The minimum absolute atomic E-state index is 0.172. The molecule has 0 amide bonds. The summed E-state index contributed by atoms with van der Waals surface area (Å²) in [6.45, 7) is 15.7. The largest absolute Gasteiger partial charge is 0.245 e. The van der Waals surface area contributed by atoms with Crippen LogP contribution >= 0.6 is 11.3 Å². The SMILES string of the molecule is CCc1sc(C(C)(C)C)nc1C(C)(C)C. The van der Waals surface area contributed by atoms with E-state index in [1.165, 1.54) is 15.6 Å². The molecule has 1 nitrogen and oxygen atoms in total. The Morgan fingerprint density at radius 3 is 1.80 bits per heavy atom. The molecule has 0 N–H and O–H groups in total. The molecular weight excluding hydrogens is 202 g/mol. The monoisotopic (exact) mass is 225 g/mol. The maximum atomic E-state index is 4.84. The van der Waals surface area contributed by atoms with E-state index in [0.29, 0.717) is 0 Å². The summed E-state index contributed by atoms with van der Waals surface area (Å²) in [5.74, 6) is 0. The van der Waals surface area contributed by atoms with Gasteiger partial charge in [-0.25, -0.2) is 4.98 Å². The molecule has 0 aliphatic heterocycles. The normalized spacial score (nSPS) is 13.3. The maximum absolute atomic E-state index is 4.84. The van der Waals surface area contributed by atoms with Crippen LogP contribution in [0.2, 0.25) is 0 Å². The first-order chi connectivity index (χ1) is 6.66. The minimum atomic E-state index is 0.172. The van der Waals surface area contributed by atoms with Crippen LogP contribution in [0.1, 0.15) is 64.0 Å². The number of aromatic nitrogens is 1. The predicted octanol–water partition coefficient (Wildman–Crippen LogP) is 4.30. The predicted molar refractivity (Wildman–Crippen MR) is 68.9 cm³/mol. The van der Waals surface area contributed by atoms with Gasteiger partial charge in [0, 0.05) is 15.7 Å². The third-order valence-corrected chi connectivity index (χ3v) is 4.00. The molecule has 0 saturated carbocycles. The molecule has 0 radical (unpaired) electrons. The molecule has 15 heavy (non-hydrogen) atoms. The van der Waals surface area contributed by atoms with Gasteiger partial charge in [0.1, 0.15) is 0 Å². The highest BCUT2D eigenvalue weighted by Crippen LogP contribution is 2.34. The van der Waals surface area contributed by atoms with Gasteiger partial charge in [-0.05, 0) is 6.42 Å². The van der Waals surface area contributed by atoms with Gasteiger partial charge in [0.05, 0.1) is 10.7 Å². The molecule has 1 aromatic heterocycles. The molecule has 1 rings (SSSR count). The average molecular weight is 225 g/mol. The Labute approximate surface area is 97.9 Å². The highest BCUT2D eigenvalue weighted by atomic mass is 32.1. The van der Waals surface area contributed by atoms with Gasteiger partial charge in [0.2, 0.25) is 0 Å². The van der Waals surface area contributed by atoms with E-state index in [2.05, 4.69) is 48.5 Å². The maximum Gasteiger partial charge on any atom is 0.0984 e. The molecule has 0 fully saturated rings. The van der Waals surface area contributed by atoms with Gasteiger partial charge in [-0.2, -0.15) is 0 Å². The van der Waals surface area contributed by atoms with Crippen LogP contribution in [0.25, 0.3) is 0 Å². The van der Waals surface area contributed by atoms with E-state index in [1.54, 1.807) is 0 Å². The Kier molecular flexibility index (Phi) is 3.30. The van der Waals surface area contributed by atoms with Gasteiger partial charge in [-0.1, -0.05) is 48.5 Å². The molecule has 1 aromatic rings. The van der Waals surface area contributed by atoms with Gasteiger partial charge < -0.3 is 0 Å². The Morgan fingerprint density at radius 2 is 1.53 bits per heavy atom. The molecular formula is C13H23NS. The molecule has 1 heterocycles. The topological polar surface area (TPSA) is 12.9 Å². The lowest BCUT2D eigenvalue weighted by Crippen LogP contribution is -2.16. The average Bonchev–Trinajstić information content (AvgIpc) is 2.44. The van der Waals surface area contributed by atoms with Crippen molar-refractivity contribution >= 4 is 11.3 Å². The van der Waals surface area contributed by atoms with Crippen molar-refractivity contribution in [3.63, 3.8) is 0 Å². The molecule has 86 valence electrons. The molecule has 0 aromatic carbocycles. The first-order valence-corrected chi connectivity index (χ1v) is 6.48. The van der Waals surface area contributed by atoms with Crippen LogP contribution in [0.5, 0.6) is 0 Å². The van der Waals surface area contributed by atoms with E-state index < -0.39 is 0 Å². The second kappa shape index (κ2) is 3.89. The Hall–Kier alpha value is -0.370. The molecule has 2 heteroatoms. The zero-order valence-electron chi connectivity index (χ0n) is 11.1. The first kappa shape index (κ1) is 12.7. The van der Waals surface area contributed by atoms with Crippen molar-refractivity contribution in [2.24, 2.45) is 0 Å². The smallest absolute Gasteiger partial charge is 0.0984 e. The number of hydrogen-bond donors (Lipinski definition) is 0. The number of nitrogens with zero attached hydrogens (tertiary/aromatic N) is 1. The molecule has 0 bridgehead atoms. The van der Waals surface area contributed by atoms with Crippen LogP contribution in [-0.2, 0) is 17.3 Å². The Morgan fingerprint density at radius 1 is 1.00 bits per heavy atom. The third-order valence-electron chi connectivity index (χ3n) is 2.37. The van der Waals surface area contributed by atoms with E-state index in [1.807, 2.05) is 11.3 Å². The summed E-state index contributed by atoms with van der Waals surface area (Å²) in [7, 11) is 0. The van der Waals surface area contributed by atoms with Crippen LogP contribution in [-0.4, -0.2) is 4.98 Å². The molecule has 0 saturated heterocycles. The fraction of sp³-hybridized carbons (Fsp3) is 0.769. The zero-order chi connectivity index (χ0) is 11.9. The van der Waals surface area contributed by atoms with Gasteiger partial charge >= 0.3 is 0 Å². The quantitative estimate of drug-likeness (QED) is 0.694. The summed E-state index contributed by atoms with van der Waals surface area (Å²) in [6, 6.07) is 0. The first-order valence-electron chi connectivity index (χ1n) is 5.67. The fourth-order valence-corrected chi connectivity index (χ4v) is 2.77. The highest BCUT2D eigenvalue weighted by Gasteiger charge is 2.26. The summed E-state index contributed by atoms with van der Waals surface area (Å²) >= 11 is 1.88. The standard InChI is InChI=1S/C13H23NS/c1-8-9-10(12(2,3)4)14-11(15-9)13(5,6)7/h8H2,1-7H3. The minimum Gasteiger partial charge on any atom is -0.245 e. The molecule has 0 unspecified atom stereocenters. The second-order valence-electron chi connectivity index (χ2n) is 6.14. The van der Waals surface area contributed by atoms with E-state index in [-0.39, 0.29) is 10.8 Å². The van der Waals surface area contributed by atoms with Gasteiger partial charge in [-0.3, -0.25) is 0 Å². The second-order valence-corrected chi connectivity index (χ2v) is 7.23. The van der Waals surface area contributed by atoms with Crippen LogP contribution in [0.3, 0.4) is 0 Å². The van der Waals surface area contributed by atoms with Crippen LogP contribution in [0.15, 0.2) is 0 Å². The van der Waals surface area contributed by atoms with Gasteiger partial charge in [0.25, 0.3) is 0 Å². The lowest BCUT2D eigenvalue weighted by molar-refractivity contribution is 0.543. The molecule has 0 aliphatic rings. The third kappa shape index (κ3) is 2.81. The summed E-state index contributed by atoms with van der Waals surface area (Å²) < 4.78 is 0. The van der Waals surface area contributed by atoms with Crippen molar-refractivity contribution in [3.05, 3.63) is 15.6 Å². The van der Waals surface area contributed by atoms with E-state index in [9.17, 15) is 0 Å². The molecule has 0 aliphatic carbocycles. The van der Waals surface area contributed by atoms with Crippen molar-refractivity contribution in [1.82, 2.24) is 4.98 Å². The number of rotatable bonds is 1. The van der Waals surface area contributed by atoms with Crippen molar-refractivity contribution in [2.45, 2.75) is 65.7 Å². The molecule has 0 spiro atoms. The lowest BCUT2D eigenvalue weighted by atomic mass is 9.90. The van der Waals surface area contributed by atoms with Crippen molar-refractivity contribution in [3.8, 4) is 0 Å². The Balaban J connectivity index is 3.24. The summed E-state index contributed by atoms with van der Waals surface area (Å²) in [5, 5.41) is 1.27. The van der Waals surface area contributed by atoms with Crippen molar-refractivity contribution < 1.29 is 0 Å². The van der Waals surface area contributed by atoms with E-state index >= 15 is 0 Å². The summed E-state index contributed by atoms with van der Waals surface area (Å²) in [4.78, 5) is 6.29. The Bertz CT molecular complexity index is 336. The van der Waals surface area contributed by atoms with Crippen LogP contribution in [0, 0.1) is 0 Å². The molecule has 0 atom stereocenters. The summed E-state index contributed by atoms with van der Waals surface area (Å²) in [5.41, 5.74) is 1.64. The van der Waals surface area contributed by atoms with Crippen molar-refractivity contribution in [2.75, 3.05) is 0 Å². The lowest BCUT2D eigenvalue weighted by Gasteiger charge is -2.18. The summed E-state index contributed by atoms with van der Waals surface area (Å²) in [6.07, 6.45) is 1.10. The fourth-order valence-electron chi connectivity index (χ4n) is 1.50. The van der Waals surface area contributed by atoms with Crippen LogP contribution in [0.4, 0.5) is 0 Å². The van der Waals surface area contributed by atoms with E-state index in [4.69, 9.17) is 4.98 Å². The number of aryl methyl sites for hydroxylation is 1. The van der Waals surface area contributed by atoms with Gasteiger partial charge in [-0.15, -0.1) is 11.3 Å². The van der Waals surface area contributed by atoms with Crippen LogP contribution < -0.4 is 0 Å². The highest BCUT2D eigenvalue weighted by molar-refractivity contribution is 7.11. The number of thiazole rings is 1. The van der Waals surface area contributed by atoms with E-state index in [0.717, 1.165) is 6.42 Å².